The number of hydrogen-bond acceptors (Lipinski definition) is 5. The van der Waals surface area contributed by atoms with Crippen molar-refractivity contribution >= 4 is 17.3 Å². The van der Waals surface area contributed by atoms with E-state index in [1.165, 1.54) is 0 Å². The van der Waals surface area contributed by atoms with E-state index in [0.29, 0.717) is 5.56 Å². The number of benzene rings is 2. The highest BCUT2D eigenvalue weighted by atomic mass is 16.5. The van der Waals surface area contributed by atoms with Gasteiger partial charge in [-0.25, -0.2) is 5.48 Å². The lowest BCUT2D eigenvalue weighted by atomic mass is 10.1. The van der Waals surface area contributed by atoms with E-state index in [9.17, 15) is 9.90 Å². The molecular formula is C14H13N3O3. The van der Waals surface area contributed by atoms with E-state index in [-0.39, 0.29) is 11.9 Å². The summed E-state index contributed by atoms with van der Waals surface area (Å²) in [6, 6.07) is 12.0. The lowest BCUT2D eigenvalue weighted by Gasteiger charge is -2.13. The Morgan fingerprint density at radius 1 is 1.10 bits per heavy atom. The Balaban J connectivity index is 1.89. The number of phenolic OH excluding ortho intramolecular Hbond substituents is 1. The van der Waals surface area contributed by atoms with Gasteiger partial charge in [-0.05, 0) is 24.3 Å². The van der Waals surface area contributed by atoms with E-state index in [1.807, 2.05) is 12.1 Å². The Kier molecular flexibility index (Phi) is 2.92. The monoisotopic (exact) mass is 271 g/mol. The molecule has 1 aliphatic heterocycles. The number of hydrogen-bond donors (Lipinski definition) is 5. The summed E-state index contributed by atoms with van der Waals surface area (Å²) in [5, 5.41) is 24.9. The highest BCUT2D eigenvalue weighted by Crippen LogP contribution is 2.38. The van der Waals surface area contributed by atoms with Crippen molar-refractivity contribution in [1.82, 2.24) is 5.48 Å². The van der Waals surface area contributed by atoms with Crippen LogP contribution in [0.2, 0.25) is 0 Å². The Bertz CT molecular complexity index is 672. The van der Waals surface area contributed by atoms with E-state index in [0.717, 1.165) is 16.9 Å². The highest BCUT2D eigenvalue weighted by Gasteiger charge is 2.23. The number of para-hydroxylation sites is 1. The van der Waals surface area contributed by atoms with Gasteiger partial charge in [-0.2, -0.15) is 0 Å². The summed E-state index contributed by atoms with van der Waals surface area (Å²) >= 11 is 0. The van der Waals surface area contributed by atoms with E-state index in [1.54, 1.807) is 35.8 Å². The summed E-state index contributed by atoms with van der Waals surface area (Å²) in [5.74, 6) is -0.376. The van der Waals surface area contributed by atoms with Gasteiger partial charge < -0.3 is 15.7 Å². The molecule has 1 heterocycles. The quantitative estimate of drug-likeness (QED) is 0.426. The minimum absolute atomic E-state index is 0.193. The normalized spacial score (nSPS) is 15.9. The van der Waals surface area contributed by atoms with E-state index in [4.69, 9.17) is 5.21 Å². The summed E-state index contributed by atoms with van der Waals surface area (Å²) in [5.41, 5.74) is 4.22. The average Bonchev–Trinajstić information content (AvgIpc) is 2.89. The first-order valence-electron chi connectivity index (χ1n) is 6.08. The van der Waals surface area contributed by atoms with Crippen molar-refractivity contribution in [1.29, 1.82) is 0 Å². The number of rotatable bonds is 2. The lowest BCUT2D eigenvalue weighted by molar-refractivity contribution is 0.0706. The summed E-state index contributed by atoms with van der Waals surface area (Å²) < 4.78 is 0. The molecule has 5 N–H and O–H groups in total. The Morgan fingerprint density at radius 2 is 1.85 bits per heavy atom. The third-order valence-electron chi connectivity index (χ3n) is 3.23. The van der Waals surface area contributed by atoms with Crippen molar-refractivity contribution in [2.75, 3.05) is 10.6 Å². The number of amides is 1. The molecule has 20 heavy (non-hydrogen) atoms. The number of phenols is 1. The fourth-order valence-electron chi connectivity index (χ4n) is 2.23. The van der Waals surface area contributed by atoms with Crippen LogP contribution in [0.15, 0.2) is 42.5 Å². The van der Waals surface area contributed by atoms with E-state index in [2.05, 4.69) is 10.6 Å². The third kappa shape index (κ3) is 2.02. The van der Waals surface area contributed by atoms with Crippen LogP contribution in [0, 0.1) is 0 Å². The summed E-state index contributed by atoms with van der Waals surface area (Å²) in [6.45, 7) is 0. The summed E-state index contributed by atoms with van der Waals surface area (Å²) in [6.07, 6.45) is -0.265. The number of nitrogens with one attached hydrogen (secondary N) is 3. The van der Waals surface area contributed by atoms with Gasteiger partial charge >= 0.3 is 0 Å². The molecule has 2 aromatic carbocycles. The van der Waals surface area contributed by atoms with Crippen LogP contribution in [0.25, 0.3) is 0 Å². The van der Waals surface area contributed by atoms with Crippen LogP contribution < -0.4 is 16.1 Å². The number of aromatic hydroxyl groups is 1. The zero-order chi connectivity index (χ0) is 14.1. The second kappa shape index (κ2) is 4.75. The smallest absolute Gasteiger partial charge is 0.274 e. The highest BCUT2D eigenvalue weighted by molar-refractivity contribution is 5.96. The minimum atomic E-state index is -0.569. The fourth-order valence-corrected chi connectivity index (χ4v) is 2.23. The second-order valence-corrected chi connectivity index (χ2v) is 4.48. The number of hydroxylamine groups is 1. The van der Waals surface area contributed by atoms with Crippen LogP contribution in [0.3, 0.4) is 0 Å². The third-order valence-corrected chi connectivity index (χ3v) is 3.23. The maximum absolute atomic E-state index is 11.4. The predicted molar refractivity (Wildman–Crippen MR) is 73.8 cm³/mol. The molecule has 0 radical (unpaired) electrons. The minimum Gasteiger partial charge on any atom is -0.508 e. The van der Waals surface area contributed by atoms with Crippen molar-refractivity contribution in [2.24, 2.45) is 0 Å². The Morgan fingerprint density at radius 3 is 2.60 bits per heavy atom. The molecule has 1 aliphatic rings. The summed E-state index contributed by atoms with van der Waals surface area (Å²) in [7, 11) is 0. The Labute approximate surface area is 115 Å². The molecule has 2 aromatic rings. The molecular weight excluding hydrogens is 258 g/mol. The molecule has 0 bridgehead atoms. The predicted octanol–water partition coefficient (Wildman–Crippen LogP) is 2.05. The molecule has 0 spiro atoms. The van der Waals surface area contributed by atoms with Gasteiger partial charge in [0.25, 0.3) is 5.91 Å². The van der Waals surface area contributed by atoms with Crippen LogP contribution in [0.5, 0.6) is 5.75 Å². The largest absolute Gasteiger partial charge is 0.508 e. The first-order chi connectivity index (χ1) is 9.69. The van der Waals surface area contributed by atoms with Crippen LogP contribution in [0.4, 0.5) is 11.4 Å². The lowest BCUT2D eigenvalue weighted by Crippen LogP contribution is -2.18. The second-order valence-electron chi connectivity index (χ2n) is 4.48. The molecule has 0 aromatic heterocycles. The van der Waals surface area contributed by atoms with Gasteiger partial charge in [0.2, 0.25) is 0 Å². The van der Waals surface area contributed by atoms with Crippen molar-refractivity contribution in [2.45, 2.75) is 6.17 Å². The molecule has 0 fully saturated rings. The molecule has 1 unspecified atom stereocenters. The van der Waals surface area contributed by atoms with Gasteiger partial charge in [-0.15, -0.1) is 0 Å². The van der Waals surface area contributed by atoms with Gasteiger partial charge in [0.15, 0.2) is 0 Å². The number of carbonyl (C=O) groups excluding carboxylic acids is 1. The standard InChI is InChI=1S/C14H13N3O3/c18-12-4-2-1-3-9(12)13-15-10-6-5-8(14(19)17-20)7-11(10)16-13/h1-7,13,15-16,18,20H,(H,17,19). The van der Waals surface area contributed by atoms with Gasteiger partial charge in [-0.1, -0.05) is 18.2 Å². The van der Waals surface area contributed by atoms with Gasteiger partial charge in [0, 0.05) is 11.1 Å². The van der Waals surface area contributed by atoms with Crippen molar-refractivity contribution in [3.63, 3.8) is 0 Å². The zero-order valence-electron chi connectivity index (χ0n) is 10.4. The van der Waals surface area contributed by atoms with Crippen LogP contribution in [0.1, 0.15) is 22.1 Å². The van der Waals surface area contributed by atoms with Crippen molar-refractivity contribution in [3.05, 3.63) is 53.6 Å². The molecule has 0 saturated carbocycles. The molecule has 3 rings (SSSR count). The molecule has 6 heteroatoms. The van der Waals surface area contributed by atoms with E-state index >= 15 is 0 Å². The van der Waals surface area contributed by atoms with Gasteiger partial charge in [-0.3, -0.25) is 10.0 Å². The van der Waals surface area contributed by atoms with Gasteiger partial charge in [0.05, 0.1) is 11.4 Å². The molecule has 6 nitrogen and oxygen atoms in total. The first-order valence-corrected chi connectivity index (χ1v) is 6.08. The van der Waals surface area contributed by atoms with Gasteiger partial charge in [0.1, 0.15) is 11.9 Å². The summed E-state index contributed by atoms with van der Waals surface area (Å²) in [4.78, 5) is 11.4. The maximum Gasteiger partial charge on any atom is 0.274 e. The molecule has 1 atom stereocenters. The van der Waals surface area contributed by atoms with Crippen LogP contribution in [-0.2, 0) is 0 Å². The fraction of sp³-hybridized carbons (Fsp3) is 0.0714. The Hall–Kier alpha value is -2.73. The number of carbonyl (C=O) groups is 1. The van der Waals surface area contributed by atoms with E-state index < -0.39 is 5.91 Å². The van der Waals surface area contributed by atoms with Crippen LogP contribution >= 0.6 is 0 Å². The maximum atomic E-state index is 11.4. The van der Waals surface area contributed by atoms with Crippen molar-refractivity contribution in [3.8, 4) is 5.75 Å². The topological polar surface area (TPSA) is 93.6 Å². The van der Waals surface area contributed by atoms with Crippen molar-refractivity contribution < 1.29 is 15.1 Å². The molecule has 0 aliphatic carbocycles. The first kappa shape index (κ1) is 12.3. The zero-order valence-corrected chi connectivity index (χ0v) is 10.4. The SMILES string of the molecule is O=C(NO)c1ccc2c(c1)NC(c1ccccc1O)N2. The average molecular weight is 271 g/mol. The molecule has 1 amide bonds. The molecule has 0 saturated heterocycles. The number of fused-ring (bicyclic) bond motifs is 1. The van der Waals surface area contributed by atoms with Crippen LogP contribution in [-0.4, -0.2) is 16.2 Å². The number of anilines is 2. The molecule has 102 valence electrons.